The monoisotopic (exact) mass is 502 g/mol. The van der Waals surface area contributed by atoms with Gasteiger partial charge in [-0.3, -0.25) is 5.01 Å². The van der Waals surface area contributed by atoms with Gasteiger partial charge in [-0.25, -0.2) is 13.4 Å². The van der Waals surface area contributed by atoms with Gasteiger partial charge in [0.2, 0.25) is 10.0 Å². The summed E-state index contributed by atoms with van der Waals surface area (Å²) in [7, 11) is -1.66. The van der Waals surface area contributed by atoms with Gasteiger partial charge in [-0.05, 0) is 37.6 Å². The minimum absolute atomic E-state index is 0.268. The SMILES string of the molecule is CCCCOc1ccc(S(=O)(=O)N2CCN(CC)CC2)cc1C1=NC=C2C(=C(CCC)NN2C)N1. The molecule has 3 aliphatic heterocycles. The van der Waals surface area contributed by atoms with E-state index < -0.39 is 10.0 Å². The van der Waals surface area contributed by atoms with Crippen molar-refractivity contribution in [2.24, 2.45) is 4.99 Å². The third-order valence-electron chi connectivity index (χ3n) is 6.66. The van der Waals surface area contributed by atoms with Crippen LogP contribution in [0.1, 0.15) is 52.0 Å². The van der Waals surface area contributed by atoms with Crippen molar-refractivity contribution in [1.29, 1.82) is 0 Å². The number of likely N-dealkylation sites (N-methyl/N-ethyl adjacent to an activating group) is 2. The molecule has 0 spiro atoms. The van der Waals surface area contributed by atoms with Crippen LogP contribution in [0.2, 0.25) is 0 Å². The highest BCUT2D eigenvalue weighted by Crippen LogP contribution is 2.31. The summed E-state index contributed by atoms with van der Waals surface area (Å²) < 4.78 is 34.7. The Kier molecular flexibility index (Phi) is 8.03. The number of hydrogen-bond acceptors (Lipinski definition) is 8. The second-order valence-corrected chi connectivity index (χ2v) is 11.0. The van der Waals surface area contributed by atoms with Crippen molar-refractivity contribution >= 4 is 15.9 Å². The highest BCUT2D eigenvalue weighted by Gasteiger charge is 2.31. The van der Waals surface area contributed by atoms with Crippen LogP contribution >= 0.6 is 0 Å². The maximum Gasteiger partial charge on any atom is 0.243 e. The summed E-state index contributed by atoms with van der Waals surface area (Å²) in [5.41, 5.74) is 7.07. The summed E-state index contributed by atoms with van der Waals surface area (Å²) in [5.74, 6) is 1.22. The minimum atomic E-state index is -3.62. The third kappa shape index (κ3) is 5.34. The van der Waals surface area contributed by atoms with E-state index in [-0.39, 0.29) is 4.90 Å². The summed E-state index contributed by atoms with van der Waals surface area (Å²) in [6.45, 7) is 10.3. The molecular formula is C25H38N6O3S. The number of hydrogen-bond donors (Lipinski definition) is 2. The molecule has 35 heavy (non-hydrogen) atoms. The number of allylic oxidation sites excluding steroid dienone is 1. The van der Waals surface area contributed by atoms with Crippen molar-refractivity contribution in [3.8, 4) is 5.75 Å². The number of aliphatic imine (C=N–C) groups is 1. The highest BCUT2D eigenvalue weighted by molar-refractivity contribution is 7.89. The summed E-state index contributed by atoms with van der Waals surface area (Å²) in [6, 6.07) is 5.13. The van der Waals surface area contributed by atoms with Gasteiger partial charge in [0.1, 0.15) is 17.3 Å². The normalized spacial score (nSPS) is 19.1. The van der Waals surface area contributed by atoms with Crippen LogP contribution in [0.4, 0.5) is 0 Å². The number of amidine groups is 1. The number of ether oxygens (including phenoxy) is 1. The molecule has 0 atom stereocenters. The highest BCUT2D eigenvalue weighted by atomic mass is 32.2. The lowest BCUT2D eigenvalue weighted by Crippen LogP contribution is -2.48. The van der Waals surface area contributed by atoms with Gasteiger partial charge in [0.25, 0.3) is 0 Å². The number of unbranched alkanes of at least 4 members (excludes halogenated alkanes) is 1. The van der Waals surface area contributed by atoms with Gasteiger partial charge in [0.05, 0.1) is 34.7 Å². The Morgan fingerprint density at radius 2 is 1.86 bits per heavy atom. The number of benzene rings is 1. The molecule has 1 aromatic carbocycles. The molecule has 0 amide bonds. The van der Waals surface area contributed by atoms with Crippen LogP contribution in [-0.2, 0) is 10.0 Å². The van der Waals surface area contributed by atoms with Crippen LogP contribution in [0.5, 0.6) is 5.75 Å². The van der Waals surface area contributed by atoms with Crippen molar-refractivity contribution in [1.82, 2.24) is 25.0 Å². The predicted octanol–water partition coefficient (Wildman–Crippen LogP) is 2.84. The molecule has 192 valence electrons. The Morgan fingerprint density at radius 3 is 2.54 bits per heavy atom. The number of nitrogens with one attached hydrogen (secondary N) is 2. The Hall–Kier alpha value is -2.56. The number of sulfonamides is 1. The largest absolute Gasteiger partial charge is 0.493 e. The molecule has 1 fully saturated rings. The molecule has 9 nitrogen and oxygen atoms in total. The van der Waals surface area contributed by atoms with E-state index in [4.69, 9.17) is 4.74 Å². The predicted molar refractivity (Wildman–Crippen MR) is 138 cm³/mol. The fraction of sp³-hybridized carbons (Fsp3) is 0.560. The van der Waals surface area contributed by atoms with E-state index in [0.29, 0.717) is 36.8 Å². The zero-order chi connectivity index (χ0) is 25.0. The third-order valence-corrected chi connectivity index (χ3v) is 8.55. The molecule has 10 heteroatoms. The van der Waals surface area contributed by atoms with Crippen LogP contribution in [-0.4, -0.2) is 74.8 Å². The van der Waals surface area contributed by atoms with Crippen molar-refractivity contribution in [3.05, 3.63) is 47.1 Å². The van der Waals surface area contributed by atoms with Gasteiger partial charge in [-0.1, -0.05) is 33.6 Å². The first-order valence-corrected chi connectivity index (χ1v) is 14.1. The first-order valence-electron chi connectivity index (χ1n) is 12.7. The van der Waals surface area contributed by atoms with Gasteiger partial charge in [0, 0.05) is 33.2 Å². The van der Waals surface area contributed by atoms with E-state index in [0.717, 1.165) is 62.4 Å². The molecule has 0 aliphatic carbocycles. The number of nitrogens with zero attached hydrogens (tertiary/aromatic N) is 4. The molecule has 0 aromatic heterocycles. The first-order chi connectivity index (χ1) is 16.9. The average Bonchev–Trinajstić information content (AvgIpc) is 3.19. The number of rotatable bonds is 10. The zero-order valence-corrected chi connectivity index (χ0v) is 22.1. The second-order valence-electron chi connectivity index (χ2n) is 9.09. The Morgan fingerprint density at radius 1 is 1.09 bits per heavy atom. The van der Waals surface area contributed by atoms with E-state index in [1.165, 1.54) is 0 Å². The van der Waals surface area contributed by atoms with Crippen molar-refractivity contribution < 1.29 is 13.2 Å². The van der Waals surface area contributed by atoms with Gasteiger partial charge in [-0.15, -0.1) is 0 Å². The maximum atomic E-state index is 13.5. The quantitative estimate of drug-likeness (QED) is 0.476. The Balaban J connectivity index is 1.68. The molecule has 3 aliphatic rings. The van der Waals surface area contributed by atoms with Crippen LogP contribution in [0.25, 0.3) is 0 Å². The molecule has 0 radical (unpaired) electrons. The minimum Gasteiger partial charge on any atom is -0.493 e. The second kappa shape index (κ2) is 11.0. The lowest BCUT2D eigenvalue weighted by molar-refractivity contribution is 0.196. The van der Waals surface area contributed by atoms with Crippen LogP contribution in [0.15, 0.2) is 51.4 Å². The Labute approximate surface area is 209 Å². The lowest BCUT2D eigenvalue weighted by atomic mass is 10.1. The number of fused-ring (bicyclic) bond motifs is 1. The molecule has 2 N–H and O–H groups in total. The molecule has 1 saturated heterocycles. The molecule has 3 heterocycles. The molecule has 0 bridgehead atoms. The summed E-state index contributed by atoms with van der Waals surface area (Å²) >= 11 is 0. The first kappa shape index (κ1) is 25.5. The average molecular weight is 503 g/mol. The number of piperazine rings is 1. The summed E-state index contributed by atoms with van der Waals surface area (Å²) in [6.07, 6.45) is 5.66. The fourth-order valence-corrected chi connectivity index (χ4v) is 5.97. The molecule has 4 rings (SSSR count). The maximum absolute atomic E-state index is 13.5. The molecule has 1 aromatic rings. The van der Waals surface area contributed by atoms with Crippen LogP contribution in [0, 0.1) is 0 Å². The van der Waals surface area contributed by atoms with Crippen LogP contribution in [0.3, 0.4) is 0 Å². The van der Waals surface area contributed by atoms with Gasteiger partial charge in [0.15, 0.2) is 0 Å². The Bertz CT molecular complexity index is 1120. The lowest BCUT2D eigenvalue weighted by Gasteiger charge is -2.33. The zero-order valence-electron chi connectivity index (χ0n) is 21.3. The van der Waals surface area contributed by atoms with E-state index in [2.05, 4.69) is 41.4 Å². The van der Waals surface area contributed by atoms with Gasteiger partial charge in [-0.2, -0.15) is 4.31 Å². The van der Waals surface area contributed by atoms with E-state index in [1.807, 2.05) is 18.3 Å². The molecular weight excluding hydrogens is 464 g/mol. The summed E-state index contributed by atoms with van der Waals surface area (Å²) in [5, 5.41) is 5.41. The van der Waals surface area contributed by atoms with Crippen molar-refractivity contribution in [2.45, 2.75) is 51.3 Å². The molecule has 0 unspecified atom stereocenters. The smallest absolute Gasteiger partial charge is 0.243 e. The van der Waals surface area contributed by atoms with Crippen molar-refractivity contribution in [3.63, 3.8) is 0 Å². The molecule has 0 saturated carbocycles. The topological polar surface area (TPSA) is 89.5 Å². The van der Waals surface area contributed by atoms with Crippen LogP contribution < -0.4 is 15.5 Å². The van der Waals surface area contributed by atoms with Gasteiger partial charge < -0.3 is 20.4 Å². The van der Waals surface area contributed by atoms with E-state index in [1.54, 1.807) is 22.5 Å². The van der Waals surface area contributed by atoms with Gasteiger partial charge >= 0.3 is 0 Å². The fourth-order valence-electron chi connectivity index (χ4n) is 4.52. The van der Waals surface area contributed by atoms with Crippen molar-refractivity contribution in [2.75, 3.05) is 46.4 Å². The summed E-state index contributed by atoms with van der Waals surface area (Å²) in [4.78, 5) is 7.20. The van der Waals surface area contributed by atoms with E-state index >= 15 is 0 Å². The van der Waals surface area contributed by atoms with E-state index in [9.17, 15) is 8.42 Å². The number of hydrazine groups is 1. The standard InChI is InChI=1S/C25H38N6O3S/c1-5-8-16-34-23-11-10-19(35(32,33)31-14-12-30(7-3)13-15-31)17-20(23)25-26-18-22-24(27-25)21(9-6-2)28-29(22)4/h10-11,17-18,28H,5-9,12-16H2,1-4H3,(H,26,27).